The molecule has 2 aromatic heterocycles. The van der Waals surface area contributed by atoms with E-state index in [2.05, 4.69) is 26.3 Å². The van der Waals surface area contributed by atoms with Crippen LogP contribution in [0.3, 0.4) is 0 Å². The molecule has 0 spiro atoms. The van der Waals surface area contributed by atoms with Gasteiger partial charge in [-0.1, -0.05) is 28.1 Å². The first kappa shape index (κ1) is 24.6. The van der Waals surface area contributed by atoms with Crippen molar-refractivity contribution in [3.8, 4) is 5.69 Å². The van der Waals surface area contributed by atoms with Crippen molar-refractivity contribution in [2.24, 2.45) is 0 Å². The van der Waals surface area contributed by atoms with Gasteiger partial charge in [-0.2, -0.15) is 23.0 Å². The number of nitrogens with zero attached hydrogens (tertiary/aromatic N) is 2. The lowest BCUT2D eigenvalue weighted by atomic mass is 10.1. The Morgan fingerprint density at radius 3 is 2.49 bits per heavy atom. The van der Waals surface area contributed by atoms with E-state index in [0.717, 1.165) is 32.6 Å². The number of aromatic nitrogens is 2. The number of carbonyl (C=O) groups is 2. The summed E-state index contributed by atoms with van der Waals surface area (Å²) in [6, 6.07) is 10.8. The number of carbonyl (C=O) groups excluding carboxylic acids is 2. The van der Waals surface area contributed by atoms with Crippen LogP contribution in [0.4, 0.5) is 18.2 Å². The van der Waals surface area contributed by atoms with Crippen LogP contribution in [0.2, 0.25) is 0 Å². The highest BCUT2D eigenvalue weighted by atomic mass is 79.9. The van der Waals surface area contributed by atoms with Gasteiger partial charge in [0.2, 0.25) is 0 Å². The van der Waals surface area contributed by atoms with Gasteiger partial charge in [-0.15, -0.1) is 11.3 Å². The zero-order chi connectivity index (χ0) is 25.3. The van der Waals surface area contributed by atoms with Crippen LogP contribution >= 0.6 is 27.3 Å². The highest BCUT2D eigenvalue weighted by Gasteiger charge is 2.35. The van der Waals surface area contributed by atoms with Crippen molar-refractivity contribution in [3.05, 3.63) is 85.6 Å². The molecular formula is C23H15BrF3N3O4S. The van der Waals surface area contributed by atoms with Gasteiger partial charge in [0.1, 0.15) is 5.00 Å². The minimum Gasteiger partial charge on any atom is -0.461 e. The van der Waals surface area contributed by atoms with Gasteiger partial charge >= 0.3 is 12.1 Å². The molecule has 2 heterocycles. The Hall–Kier alpha value is -3.51. The Labute approximate surface area is 208 Å². The number of amides is 1. The van der Waals surface area contributed by atoms with Gasteiger partial charge < -0.3 is 10.1 Å². The monoisotopic (exact) mass is 565 g/mol. The molecule has 0 bridgehead atoms. The lowest BCUT2D eigenvalue weighted by Crippen LogP contribution is -2.26. The molecule has 0 fully saturated rings. The van der Waals surface area contributed by atoms with E-state index in [1.807, 2.05) is 0 Å². The van der Waals surface area contributed by atoms with Crippen LogP contribution in [0.1, 0.15) is 33.3 Å². The van der Waals surface area contributed by atoms with Gasteiger partial charge in [0.25, 0.3) is 11.5 Å². The van der Waals surface area contributed by atoms with Gasteiger partial charge in [-0.3, -0.25) is 9.59 Å². The van der Waals surface area contributed by atoms with Crippen molar-refractivity contribution in [1.82, 2.24) is 9.78 Å². The largest absolute Gasteiger partial charge is 0.461 e. The first-order chi connectivity index (χ1) is 16.6. The summed E-state index contributed by atoms with van der Waals surface area (Å²) < 4.78 is 47.0. The van der Waals surface area contributed by atoms with Crippen LogP contribution in [0.5, 0.6) is 0 Å². The molecule has 0 aliphatic heterocycles. The number of fused-ring (bicyclic) bond motifs is 1. The Kier molecular flexibility index (Phi) is 6.77. The number of nitrogens with one attached hydrogen (secondary N) is 1. The molecule has 0 saturated heterocycles. The lowest BCUT2D eigenvalue weighted by molar-refractivity contribution is -0.137. The first-order valence-electron chi connectivity index (χ1n) is 10.1. The molecule has 0 unspecified atom stereocenters. The zero-order valence-corrected chi connectivity index (χ0v) is 20.3. The minimum absolute atomic E-state index is 0.0224. The van der Waals surface area contributed by atoms with Gasteiger partial charge in [0.05, 0.1) is 28.8 Å². The van der Waals surface area contributed by atoms with E-state index in [1.165, 1.54) is 17.5 Å². The van der Waals surface area contributed by atoms with Crippen molar-refractivity contribution in [1.29, 1.82) is 0 Å². The molecule has 4 aromatic rings. The predicted molar refractivity (Wildman–Crippen MR) is 128 cm³/mol. The number of rotatable bonds is 5. The first-order valence-corrected chi connectivity index (χ1v) is 11.7. The third-order valence-corrected chi connectivity index (χ3v) is 6.32. The number of hydrogen-bond acceptors (Lipinski definition) is 6. The van der Waals surface area contributed by atoms with Crippen LogP contribution in [0.25, 0.3) is 16.5 Å². The third kappa shape index (κ3) is 4.84. The molecule has 12 heteroatoms. The average Bonchev–Trinajstić information content (AvgIpc) is 3.23. The van der Waals surface area contributed by atoms with Crippen LogP contribution in [-0.4, -0.2) is 28.3 Å². The number of hydrogen-bond donors (Lipinski definition) is 1. The second-order valence-electron chi connectivity index (χ2n) is 7.11. The fourth-order valence-corrected chi connectivity index (χ4v) is 4.54. The molecule has 1 amide bonds. The van der Waals surface area contributed by atoms with Crippen LogP contribution in [0.15, 0.2) is 63.2 Å². The molecule has 1 N–H and O–H groups in total. The van der Waals surface area contributed by atoms with Crippen LogP contribution in [0, 0.1) is 0 Å². The van der Waals surface area contributed by atoms with Gasteiger partial charge in [-0.05, 0) is 43.3 Å². The second kappa shape index (κ2) is 9.62. The number of anilines is 1. The van der Waals surface area contributed by atoms with E-state index < -0.39 is 34.7 Å². The fraction of sp³-hybridized carbons (Fsp3) is 0.130. The number of esters is 1. The summed E-state index contributed by atoms with van der Waals surface area (Å²) in [5, 5.41) is 8.02. The summed E-state index contributed by atoms with van der Waals surface area (Å²) in [6.07, 6.45) is -4.75. The number of benzene rings is 2. The van der Waals surface area contributed by atoms with Crippen molar-refractivity contribution < 1.29 is 27.5 Å². The van der Waals surface area contributed by atoms with Crippen LogP contribution < -0.4 is 10.9 Å². The molecule has 180 valence electrons. The average molecular weight is 566 g/mol. The topological polar surface area (TPSA) is 90.3 Å². The SMILES string of the molecule is CCOC(=O)c1nn(-c2ccc(Br)cc2)c(=O)c2c(NC(=O)c3ccccc3C(F)(F)F)scc12. The summed E-state index contributed by atoms with van der Waals surface area (Å²) in [7, 11) is 0. The quantitative estimate of drug-likeness (QED) is 0.315. The standard InChI is InChI=1S/C23H15BrF3N3O4S/c1-2-34-22(33)18-15-11-35-20(28-19(31)14-5-3-4-6-16(14)23(25,26)27)17(15)21(32)30(29-18)13-9-7-12(24)8-10-13/h3-11H,2H2,1H3,(H,28,31). The van der Waals surface area contributed by atoms with Gasteiger partial charge in [-0.25, -0.2) is 4.79 Å². The number of ether oxygens (including phenoxy) is 1. The second-order valence-corrected chi connectivity index (χ2v) is 8.91. The molecular weight excluding hydrogens is 551 g/mol. The predicted octanol–water partition coefficient (Wildman–Crippen LogP) is 5.66. The van der Waals surface area contributed by atoms with E-state index in [9.17, 15) is 27.6 Å². The van der Waals surface area contributed by atoms with E-state index in [0.29, 0.717) is 5.69 Å². The third-order valence-electron chi connectivity index (χ3n) is 4.90. The molecule has 0 aliphatic carbocycles. The van der Waals surface area contributed by atoms with E-state index in [1.54, 1.807) is 31.2 Å². The van der Waals surface area contributed by atoms with E-state index in [4.69, 9.17) is 4.74 Å². The maximum atomic E-state index is 13.4. The molecule has 0 atom stereocenters. The molecule has 0 aliphatic rings. The zero-order valence-electron chi connectivity index (χ0n) is 17.9. The normalized spacial score (nSPS) is 11.5. The van der Waals surface area contributed by atoms with Crippen molar-refractivity contribution >= 4 is 54.9 Å². The van der Waals surface area contributed by atoms with Crippen molar-refractivity contribution in [3.63, 3.8) is 0 Å². The molecule has 7 nitrogen and oxygen atoms in total. The number of halogens is 4. The molecule has 0 saturated carbocycles. The summed E-state index contributed by atoms with van der Waals surface area (Å²) in [5.41, 5.74) is -2.22. The van der Waals surface area contributed by atoms with Crippen LogP contribution in [-0.2, 0) is 10.9 Å². The van der Waals surface area contributed by atoms with E-state index >= 15 is 0 Å². The molecule has 2 aromatic carbocycles. The van der Waals surface area contributed by atoms with Gasteiger partial charge in [0.15, 0.2) is 5.69 Å². The summed E-state index contributed by atoms with van der Waals surface area (Å²) in [6.45, 7) is 1.67. The van der Waals surface area contributed by atoms with Crippen molar-refractivity contribution in [2.45, 2.75) is 13.1 Å². The fourth-order valence-electron chi connectivity index (χ4n) is 3.35. The van der Waals surface area contributed by atoms with E-state index in [-0.39, 0.29) is 28.1 Å². The minimum atomic E-state index is -4.75. The van der Waals surface area contributed by atoms with Gasteiger partial charge in [0, 0.05) is 15.2 Å². The van der Waals surface area contributed by atoms with Crippen molar-refractivity contribution in [2.75, 3.05) is 11.9 Å². The summed E-state index contributed by atoms with van der Waals surface area (Å²) >= 11 is 4.19. The smallest absolute Gasteiger partial charge is 0.417 e. The summed E-state index contributed by atoms with van der Waals surface area (Å²) in [4.78, 5) is 38.8. The maximum absolute atomic E-state index is 13.4. The number of thiophene rings is 1. The maximum Gasteiger partial charge on any atom is 0.417 e. The molecule has 4 rings (SSSR count). The highest BCUT2D eigenvalue weighted by molar-refractivity contribution is 9.10. The Morgan fingerprint density at radius 1 is 1.14 bits per heavy atom. The number of alkyl halides is 3. The highest BCUT2D eigenvalue weighted by Crippen LogP contribution is 2.34. The summed E-state index contributed by atoms with van der Waals surface area (Å²) in [5.74, 6) is -1.84. The lowest BCUT2D eigenvalue weighted by Gasteiger charge is -2.13. The Morgan fingerprint density at radius 2 is 1.83 bits per heavy atom. The molecule has 35 heavy (non-hydrogen) atoms. The Bertz CT molecular complexity index is 1500. The molecule has 0 radical (unpaired) electrons. The Balaban J connectivity index is 1.88.